The largest absolute Gasteiger partial charge is 0.497 e. The van der Waals surface area contributed by atoms with Gasteiger partial charge in [0.05, 0.1) is 18.3 Å². The van der Waals surface area contributed by atoms with Crippen LogP contribution in [-0.4, -0.2) is 21.9 Å². The second-order valence-corrected chi connectivity index (χ2v) is 6.10. The number of hydrogen-bond acceptors (Lipinski definition) is 3. The van der Waals surface area contributed by atoms with Gasteiger partial charge in [0.2, 0.25) is 0 Å². The zero-order valence-corrected chi connectivity index (χ0v) is 14.3. The van der Waals surface area contributed by atoms with Gasteiger partial charge in [-0.3, -0.25) is 5.10 Å². The summed E-state index contributed by atoms with van der Waals surface area (Å²) in [5, 5.41) is 8.58. The van der Waals surface area contributed by atoms with Gasteiger partial charge in [-0.25, -0.2) is 0 Å². The van der Waals surface area contributed by atoms with Gasteiger partial charge in [-0.15, -0.1) is 0 Å². The van der Waals surface area contributed by atoms with Crippen LogP contribution in [0.4, 0.5) is 0 Å². The Labute approximate surface area is 146 Å². The molecule has 5 nitrogen and oxygen atoms in total. The van der Waals surface area contributed by atoms with E-state index in [0.29, 0.717) is 6.54 Å². The Bertz CT molecular complexity index is 1030. The highest BCUT2D eigenvalue weighted by molar-refractivity contribution is 5.89. The number of ether oxygens (including phenoxy) is 1. The Balaban J connectivity index is 1.98. The maximum atomic E-state index is 5.73. The highest BCUT2D eigenvalue weighted by Gasteiger charge is 2.15. The van der Waals surface area contributed by atoms with Gasteiger partial charge in [0.15, 0.2) is 0 Å². The Morgan fingerprint density at radius 3 is 2.52 bits per heavy atom. The summed E-state index contributed by atoms with van der Waals surface area (Å²) in [5.74, 6) is 0.841. The van der Waals surface area contributed by atoms with Crippen LogP contribution in [-0.2, 0) is 6.54 Å². The molecule has 0 amide bonds. The smallest absolute Gasteiger partial charge is 0.119 e. The van der Waals surface area contributed by atoms with E-state index >= 15 is 0 Å². The van der Waals surface area contributed by atoms with Crippen LogP contribution in [0, 0.1) is 6.92 Å². The van der Waals surface area contributed by atoms with Gasteiger partial charge < -0.3 is 15.0 Å². The molecule has 3 N–H and O–H groups in total. The molecule has 0 spiro atoms. The summed E-state index contributed by atoms with van der Waals surface area (Å²) in [7, 11) is 1.68. The van der Waals surface area contributed by atoms with Gasteiger partial charge >= 0.3 is 0 Å². The van der Waals surface area contributed by atoms with Crippen LogP contribution < -0.4 is 10.5 Å². The molecule has 0 aliphatic carbocycles. The van der Waals surface area contributed by atoms with Crippen molar-refractivity contribution in [2.75, 3.05) is 7.11 Å². The van der Waals surface area contributed by atoms with Crippen LogP contribution in [0.5, 0.6) is 5.75 Å². The quantitative estimate of drug-likeness (QED) is 0.597. The van der Waals surface area contributed by atoms with E-state index in [9.17, 15) is 0 Å². The van der Waals surface area contributed by atoms with Crippen molar-refractivity contribution in [3.8, 4) is 22.8 Å². The molecule has 2 aromatic carbocycles. The number of aryl methyl sites for hydroxylation is 1. The van der Waals surface area contributed by atoms with Crippen molar-refractivity contribution < 1.29 is 4.74 Å². The normalized spacial score (nSPS) is 11.2. The molecular weight excluding hydrogens is 312 g/mol. The summed E-state index contributed by atoms with van der Waals surface area (Å²) < 4.78 is 7.59. The summed E-state index contributed by atoms with van der Waals surface area (Å²) in [5.41, 5.74) is 12.0. The Kier molecular flexibility index (Phi) is 3.78. The molecular formula is C20H20N4O. The highest BCUT2D eigenvalue weighted by atomic mass is 16.5. The molecule has 126 valence electrons. The number of methoxy groups -OCH3 is 1. The number of aromatic amines is 1. The minimum Gasteiger partial charge on any atom is -0.497 e. The fourth-order valence-corrected chi connectivity index (χ4v) is 3.12. The lowest BCUT2D eigenvalue weighted by atomic mass is 10.2. The van der Waals surface area contributed by atoms with Crippen LogP contribution >= 0.6 is 0 Å². The summed E-state index contributed by atoms with van der Waals surface area (Å²) in [6, 6.07) is 18.6. The number of aromatic nitrogens is 3. The van der Waals surface area contributed by atoms with Crippen molar-refractivity contribution in [1.29, 1.82) is 0 Å². The zero-order valence-electron chi connectivity index (χ0n) is 14.3. The number of benzene rings is 2. The van der Waals surface area contributed by atoms with Crippen LogP contribution in [0.15, 0.2) is 54.6 Å². The number of rotatable bonds is 4. The van der Waals surface area contributed by atoms with Crippen LogP contribution in [0.25, 0.3) is 28.0 Å². The van der Waals surface area contributed by atoms with E-state index in [-0.39, 0.29) is 0 Å². The Morgan fingerprint density at radius 2 is 1.88 bits per heavy atom. The number of nitrogens with zero attached hydrogens (tertiary/aromatic N) is 2. The zero-order chi connectivity index (χ0) is 17.4. The molecule has 0 unspecified atom stereocenters. The first kappa shape index (κ1) is 15.5. The Morgan fingerprint density at radius 1 is 1.08 bits per heavy atom. The van der Waals surface area contributed by atoms with E-state index in [1.165, 1.54) is 0 Å². The maximum Gasteiger partial charge on any atom is 0.119 e. The summed E-state index contributed by atoms with van der Waals surface area (Å²) >= 11 is 0. The minimum absolute atomic E-state index is 0.537. The van der Waals surface area contributed by atoms with Crippen molar-refractivity contribution in [2.24, 2.45) is 5.73 Å². The average Bonchev–Trinajstić information content (AvgIpc) is 3.24. The first-order valence-corrected chi connectivity index (χ1v) is 8.21. The second kappa shape index (κ2) is 6.11. The molecule has 0 aliphatic heterocycles. The number of nitrogens with one attached hydrogen (secondary N) is 1. The van der Waals surface area contributed by atoms with Crippen molar-refractivity contribution >= 4 is 10.9 Å². The number of fused-ring (bicyclic) bond motifs is 1. The van der Waals surface area contributed by atoms with Gasteiger partial charge in [-0.1, -0.05) is 12.1 Å². The van der Waals surface area contributed by atoms with Crippen molar-refractivity contribution in [2.45, 2.75) is 13.5 Å². The molecule has 2 heterocycles. The van der Waals surface area contributed by atoms with Gasteiger partial charge in [0, 0.05) is 23.3 Å². The third kappa shape index (κ3) is 2.68. The average molecular weight is 332 g/mol. The van der Waals surface area contributed by atoms with Gasteiger partial charge in [0.25, 0.3) is 0 Å². The van der Waals surface area contributed by atoms with E-state index in [4.69, 9.17) is 10.5 Å². The van der Waals surface area contributed by atoms with Crippen LogP contribution in [0.3, 0.4) is 0 Å². The van der Waals surface area contributed by atoms with E-state index in [2.05, 4.69) is 57.2 Å². The molecule has 0 saturated carbocycles. The van der Waals surface area contributed by atoms with Crippen LogP contribution in [0.2, 0.25) is 0 Å². The number of hydrogen-bond donors (Lipinski definition) is 2. The third-order valence-corrected chi connectivity index (χ3v) is 4.41. The van der Waals surface area contributed by atoms with Crippen molar-refractivity contribution in [3.05, 3.63) is 65.9 Å². The SMILES string of the molecule is COc1ccc2c(c1)cc(-c1cc(C)[nH]n1)n2-c1ccc(CN)cc1. The fourth-order valence-electron chi connectivity index (χ4n) is 3.12. The monoisotopic (exact) mass is 332 g/mol. The molecule has 0 aliphatic rings. The lowest BCUT2D eigenvalue weighted by Gasteiger charge is -2.11. The van der Waals surface area contributed by atoms with E-state index in [1.807, 2.05) is 19.1 Å². The summed E-state index contributed by atoms with van der Waals surface area (Å²) in [6.07, 6.45) is 0. The standard InChI is InChI=1S/C20H20N4O/c1-13-9-18(23-22-13)20-11-15-10-17(25-2)7-8-19(15)24(20)16-5-3-14(12-21)4-6-16/h3-11H,12,21H2,1-2H3,(H,22,23). The lowest BCUT2D eigenvalue weighted by molar-refractivity contribution is 0.415. The lowest BCUT2D eigenvalue weighted by Crippen LogP contribution is -1.99. The predicted octanol–water partition coefficient (Wildman–Crippen LogP) is 3.80. The topological polar surface area (TPSA) is 68.9 Å². The molecule has 0 radical (unpaired) electrons. The fraction of sp³-hybridized carbons (Fsp3) is 0.150. The molecule has 4 aromatic rings. The first-order chi connectivity index (χ1) is 12.2. The van der Waals surface area contributed by atoms with E-state index in [1.54, 1.807) is 7.11 Å². The molecule has 25 heavy (non-hydrogen) atoms. The van der Waals surface area contributed by atoms with Gasteiger partial charge in [-0.2, -0.15) is 5.10 Å². The predicted molar refractivity (Wildman–Crippen MR) is 100 cm³/mol. The summed E-state index contributed by atoms with van der Waals surface area (Å²) in [4.78, 5) is 0. The van der Waals surface area contributed by atoms with Crippen LogP contribution in [0.1, 0.15) is 11.3 Å². The Hall–Kier alpha value is -3.05. The number of nitrogens with two attached hydrogens (primary N) is 1. The molecule has 0 bridgehead atoms. The van der Waals surface area contributed by atoms with Gasteiger partial charge in [0.1, 0.15) is 11.4 Å². The molecule has 2 aromatic heterocycles. The maximum absolute atomic E-state index is 5.73. The molecule has 0 saturated heterocycles. The summed E-state index contributed by atoms with van der Waals surface area (Å²) in [6.45, 7) is 2.54. The first-order valence-electron chi connectivity index (χ1n) is 8.21. The van der Waals surface area contributed by atoms with Gasteiger partial charge in [-0.05, 0) is 55.0 Å². The van der Waals surface area contributed by atoms with Crippen molar-refractivity contribution in [1.82, 2.24) is 14.8 Å². The molecule has 4 rings (SSSR count). The van der Waals surface area contributed by atoms with E-state index < -0.39 is 0 Å². The van der Waals surface area contributed by atoms with E-state index in [0.717, 1.165) is 45.0 Å². The molecule has 5 heteroatoms. The molecule has 0 fully saturated rings. The van der Waals surface area contributed by atoms with Crippen molar-refractivity contribution in [3.63, 3.8) is 0 Å². The molecule has 0 atom stereocenters. The minimum atomic E-state index is 0.537. The second-order valence-electron chi connectivity index (χ2n) is 6.10. The third-order valence-electron chi connectivity index (χ3n) is 4.41. The number of H-pyrrole nitrogens is 1. The highest BCUT2D eigenvalue weighted by Crippen LogP contribution is 2.33.